The number of hydrogen-bond donors (Lipinski definition) is 0. The minimum absolute atomic E-state index is 0.0119. The van der Waals surface area contributed by atoms with Gasteiger partial charge in [0.25, 0.3) is 0 Å². The Labute approximate surface area is 129 Å². The highest BCUT2D eigenvalue weighted by atomic mass is 35.5. The Kier molecular flexibility index (Phi) is 3.21. The number of rotatable bonds is 3. The molecule has 1 atom stereocenters. The van der Waals surface area contributed by atoms with Gasteiger partial charge in [0.1, 0.15) is 18.5 Å². The van der Waals surface area contributed by atoms with Crippen molar-refractivity contribution in [2.75, 3.05) is 39.5 Å². The van der Waals surface area contributed by atoms with Gasteiger partial charge in [-0.25, -0.2) is 0 Å². The van der Waals surface area contributed by atoms with Gasteiger partial charge in [0.2, 0.25) is 0 Å². The molecule has 0 N–H and O–H groups in total. The maximum Gasteiger partial charge on any atom is 0.625 e. The summed E-state index contributed by atoms with van der Waals surface area (Å²) in [6.45, 7) is 5.17. The lowest BCUT2D eigenvalue weighted by molar-refractivity contribution is -0.816. The second kappa shape index (κ2) is 4.86. The Bertz CT molecular complexity index is 540. The van der Waals surface area contributed by atoms with E-state index in [4.69, 9.17) is 30.3 Å². The molecule has 0 saturated carbocycles. The van der Waals surface area contributed by atoms with Crippen LogP contribution >= 0.6 is 11.6 Å². The van der Waals surface area contributed by atoms with Crippen LogP contribution in [0.3, 0.4) is 0 Å². The lowest BCUT2D eigenvalue weighted by Crippen LogP contribution is -2.59. The standard InChI is InChI=1S/C14H19BClNO4/c1-11-2-3-13(16)14(8-11)18-10-12-9-17-4-6-19-15(17,21-12)20-7-5-17/h2-3,8,12H,4-7,9-10H2,1H3. The molecule has 3 aliphatic rings. The van der Waals surface area contributed by atoms with Gasteiger partial charge in [0, 0.05) is 0 Å². The molecule has 3 saturated heterocycles. The topological polar surface area (TPSA) is 36.9 Å². The van der Waals surface area contributed by atoms with Gasteiger partial charge in [-0.05, 0) is 24.6 Å². The summed E-state index contributed by atoms with van der Waals surface area (Å²) in [4.78, 5) is 0. The molecule has 7 heteroatoms. The van der Waals surface area contributed by atoms with E-state index in [0.717, 1.165) is 42.8 Å². The molecule has 4 rings (SSSR count). The monoisotopic (exact) mass is 311 g/mol. The van der Waals surface area contributed by atoms with E-state index in [1.54, 1.807) is 0 Å². The summed E-state index contributed by atoms with van der Waals surface area (Å²) < 4.78 is 24.4. The van der Waals surface area contributed by atoms with Gasteiger partial charge < -0.3 is 23.1 Å². The average molecular weight is 312 g/mol. The molecule has 114 valence electrons. The average Bonchev–Trinajstić information content (AvgIpc) is 3.00. The summed E-state index contributed by atoms with van der Waals surface area (Å²) in [5.41, 5.74) is 1.12. The predicted octanol–water partition coefficient (Wildman–Crippen LogP) is 1.74. The number of halogens is 1. The maximum atomic E-state index is 6.16. The number of nitrogens with zero attached hydrogens (tertiary/aromatic N) is 1. The molecule has 21 heavy (non-hydrogen) atoms. The van der Waals surface area contributed by atoms with Gasteiger partial charge in [-0.15, -0.1) is 0 Å². The van der Waals surface area contributed by atoms with Gasteiger partial charge in [-0.3, -0.25) is 0 Å². The molecule has 1 aromatic rings. The van der Waals surface area contributed by atoms with Crippen LogP contribution in [0.2, 0.25) is 5.02 Å². The highest BCUT2D eigenvalue weighted by molar-refractivity contribution is 6.54. The van der Waals surface area contributed by atoms with E-state index in [2.05, 4.69) is 0 Å². The van der Waals surface area contributed by atoms with E-state index in [1.165, 1.54) is 0 Å². The van der Waals surface area contributed by atoms with Crippen molar-refractivity contribution in [3.05, 3.63) is 28.8 Å². The molecule has 3 fully saturated rings. The molecular weight excluding hydrogens is 292 g/mol. The van der Waals surface area contributed by atoms with E-state index in [9.17, 15) is 0 Å². The first-order valence-electron chi connectivity index (χ1n) is 7.46. The second-order valence-electron chi connectivity index (χ2n) is 6.20. The van der Waals surface area contributed by atoms with Crippen molar-refractivity contribution >= 4 is 18.5 Å². The molecule has 0 spiro atoms. The maximum absolute atomic E-state index is 6.16. The number of benzene rings is 1. The van der Waals surface area contributed by atoms with Crippen molar-refractivity contribution in [1.82, 2.24) is 0 Å². The molecule has 0 bridgehead atoms. The van der Waals surface area contributed by atoms with E-state index in [1.807, 2.05) is 25.1 Å². The normalized spacial score (nSPS) is 37.5. The third kappa shape index (κ3) is 2.09. The largest absolute Gasteiger partial charge is 0.625 e. The smallest absolute Gasteiger partial charge is 0.489 e. The van der Waals surface area contributed by atoms with Gasteiger partial charge in [-0.2, -0.15) is 0 Å². The fraction of sp³-hybridized carbons (Fsp3) is 0.571. The van der Waals surface area contributed by atoms with E-state index < -0.39 is 6.89 Å². The molecule has 5 nitrogen and oxygen atoms in total. The zero-order chi connectivity index (χ0) is 14.5. The molecule has 1 aromatic carbocycles. The van der Waals surface area contributed by atoms with E-state index in [-0.39, 0.29) is 6.10 Å². The Balaban J connectivity index is 1.45. The van der Waals surface area contributed by atoms with Crippen LogP contribution in [0.4, 0.5) is 0 Å². The zero-order valence-corrected chi connectivity index (χ0v) is 12.8. The molecule has 0 aliphatic carbocycles. The summed E-state index contributed by atoms with van der Waals surface area (Å²) in [6.07, 6.45) is -0.0119. The summed E-state index contributed by atoms with van der Waals surface area (Å²) in [7, 11) is 0. The first-order chi connectivity index (χ1) is 10.1. The van der Waals surface area contributed by atoms with Crippen LogP contribution in [0.1, 0.15) is 5.56 Å². The van der Waals surface area contributed by atoms with Crippen LogP contribution in [0.5, 0.6) is 5.75 Å². The molecule has 0 amide bonds. The fourth-order valence-corrected chi connectivity index (χ4v) is 3.94. The third-order valence-corrected chi connectivity index (χ3v) is 5.16. The van der Waals surface area contributed by atoms with Crippen LogP contribution in [0.15, 0.2) is 18.2 Å². The highest BCUT2D eigenvalue weighted by Crippen LogP contribution is 2.41. The fourth-order valence-electron chi connectivity index (χ4n) is 3.77. The molecule has 1 unspecified atom stereocenters. The number of quaternary nitrogens is 1. The summed E-state index contributed by atoms with van der Waals surface area (Å²) >= 11 is 6.16. The minimum Gasteiger partial charge on any atom is -0.489 e. The number of ether oxygens (including phenoxy) is 1. The zero-order valence-electron chi connectivity index (χ0n) is 12.1. The molecule has 3 aliphatic heterocycles. The van der Waals surface area contributed by atoms with Crippen molar-refractivity contribution in [2.24, 2.45) is 0 Å². The van der Waals surface area contributed by atoms with Gasteiger partial charge in [0.15, 0.2) is 0 Å². The van der Waals surface area contributed by atoms with Crippen molar-refractivity contribution in [2.45, 2.75) is 13.0 Å². The minimum atomic E-state index is -1.60. The number of aryl methyl sites for hydroxylation is 1. The van der Waals surface area contributed by atoms with E-state index >= 15 is 0 Å². The Morgan fingerprint density at radius 3 is 2.81 bits per heavy atom. The first-order valence-corrected chi connectivity index (χ1v) is 7.84. The molecule has 3 heterocycles. The van der Waals surface area contributed by atoms with Crippen LogP contribution in [-0.2, 0) is 14.0 Å². The van der Waals surface area contributed by atoms with Gasteiger partial charge in [-0.1, -0.05) is 17.7 Å². The lowest BCUT2D eigenvalue weighted by atomic mass is 9.94. The third-order valence-electron chi connectivity index (χ3n) is 4.84. The van der Waals surface area contributed by atoms with E-state index in [0.29, 0.717) is 17.4 Å². The van der Waals surface area contributed by atoms with Crippen molar-refractivity contribution in [1.29, 1.82) is 0 Å². The molecule has 0 radical (unpaired) electrons. The molecular formula is C14H19BClNO4. The molecule has 0 aromatic heterocycles. The van der Waals surface area contributed by atoms with Crippen molar-refractivity contribution in [3.63, 3.8) is 0 Å². The second-order valence-corrected chi connectivity index (χ2v) is 6.60. The van der Waals surface area contributed by atoms with Crippen LogP contribution in [-0.4, -0.2) is 56.8 Å². The summed E-state index contributed by atoms with van der Waals surface area (Å²) in [6, 6.07) is 5.77. The van der Waals surface area contributed by atoms with Gasteiger partial charge >= 0.3 is 6.89 Å². The Morgan fingerprint density at radius 2 is 2.10 bits per heavy atom. The van der Waals surface area contributed by atoms with Gasteiger partial charge in [0.05, 0.1) is 37.9 Å². The SMILES string of the molecule is Cc1ccc(Cl)c(OCC2C[N+]34CCO[B-]3(OCC4)O2)c1. The number of hydrogen-bond acceptors (Lipinski definition) is 4. The highest BCUT2D eigenvalue weighted by Gasteiger charge is 2.66. The lowest BCUT2D eigenvalue weighted by Gasteiger charge is -2.37. The Hall–Kier alpha value is -0.785. The summed E-state index contributed by atoms with van der Waals surface area (Å²) in [5.74, 6) is 0.708. The predicted molar refractivity (Wildman–Crippen MR) is 79.1 cm³/mol. The van der Waals surface area contributed by atoms with Crippen LogP contribution in [0.25, 0.3) is 0 Å². The Morgan fingerprint density at radius 1 is 1.33 bits per heavy atom. The van der Waals surface area contributed by atoms with Crippen molar-refractivity contribution < 1.29 is 23.1 Å². The van der Waals surface area contributed by atoms with Crippen molar-refractivity contribution in [3.8, 4) is 5.75 Å². The quantitative estimate of drug-likeness (QED) is 0.797. The van der Waals surface area contributed by atoms with Crippen LogP contribution in [0, 0.1) is 6.92 Å². The first kappa shape index (κ1) is 13.8. The summed E-state index contributed by atoms with van der Waals surface area (Å²) in [5, 5.41) is 0.628. The van der Waals surface area contributed by atoms with Crippen LogP contribution < -0.4 is 4.74 Å².